The Hall–Kier alpha value is -1.39. The van der Waals surface area contributed by atoms with Crippen molar-refractivity contribution in [2.45, 2.75) is 26.4 Å². The van der Waals surface area contributed by atoms with Crippen LogP contribution in [-0.2, 0) is 18.3 Å². The fourth-order valence-corrected chi connectivity index (χ4v) is 3.22. The lowest BCUT2D eigenvalue weighted by Crippen LogP contribution is -2.49. The molecule has 1 aromatic heterocycles. The second kappa shape index (κ2) is 10.8. The average Bonchev–Trinajstić information content (AvgIpc) is 3.00. The summed E-state index contributed by atoms with van der Waals surface area (Å²) in [6.45, 7) is 10.2. The van der Waals surface area contributed by atoms with Crippen LogP contribution in [0, 0.1) is 0 Å². The predicted molar refractivity (Wildman–Crippen MR) is 121 cm³/mol. The van der Waals surface area contributed by atoms with Crippen molar-refractivity contribution in [3.8, 4) is 0 Å². The molecular weight excluding hydrogens is 455 g/mol. The largest absolute Gasteiger partial charge is 0.379 e. The van der Waals surface area contributed by atoms with Crippen molar-refractivity contribution >= 4 is 41.0 Å². The number of nitrogens with zero attached hydrogens (tertiary/aromatic N) is 4. The topological polar surface area (TPSA) is 66.7 Å². The highest BCUT2D eigenvalue weighted by molar-refractivity contribution is 14.0. The van der Waals surface area contributed by atoms with Crippen molar-refractivity contribution in [2.75, 3.05) is 39.4 Å². The minimum Gasteiger partial charge on any atom is -0.379 e. The maximum absolute atomic E-state index is 5.43. The molecule has 150 valence electrons. The smallest absolute Gasteiger partial charge is 0.191 e. The van der Waals surface area contributed by atoms with Crippen LogP contribution in [0.1, 0.15) is 19.7 Å². The lowest BCUT2D eigenvalue weighted by atomic mass is 10.2. The second-order valence-corrected chi connectivity index (χ2v) is 6.65. The first kappa shape index (κ1) is 21.9. The number of hydrogen-bond acceptors (Lipinski definition) is 4. The van der Waals surface area contributed by atoms with Crippen LogP contribution in [0.15, 0.2) is 29.3 Å². The number of para-hydroxylation sites is 2. The van der Waals surface area contributed by atoms with Crippen molar-refractivity contribution in [3.63, 3.8) is 0 Å². The van der Waals surface area contributed by atoms with Crippen molar-refractivity contribution in [1.29, 1.82) is 0 Å². The average molecular weight is 486 g/mol. The van der Waals surface area contributed by atoms with Crippen LogP contribution in [0.5, 0.6) is 0 Å². The van der Waals surface area contributed by atoms with Gasteiger partial charge in [-0.3, -0.25) is 4.90 Å². The van der Waals surface area contributed by atoms with Crippen molar-refractivity contribution in [1.82, 2.24) is 25.1 Å². The molecule has 27 heavy (non-hydrogen) atoms. The molecule has 0 saturated carbocycles. The number of guanidine groups is 1. The fraction of sp³-hybridized carbons (Fsp3) is 0.579. The number of aromatic nitrogens is 2. The van der Waals surface area contributed by atoms with Gasteiger partial charge in [0.2, 0.25) is 0 Å². The number of aliphatic imine (C=N–C) groups is 1. The summed E-state index contributed by atoms with van der Waals surface area (Å²) in [5, 5.41) is 6.78. The summed E-state index contributed by atoms with van der Waals surface area (Å²) in [5.74, 6) is 1.80. The van der Waals surface area contributed by atoms with E-state index in [1.807, 2.05) is 25.2 Å². The van der Waals surface area contributed by atoms with Gasteiger partial charge in [0, 0.05) is 39.3 Å². The summed E-state index contributed by atoms with van der Waals surface area (Å²) in [6.07, 6.45) is 0. The molecular formula is C19H31IN6O. The molecule has 2 heterocycles. The van der Waals surface area contributed by atoms with Gasteiger partial charge in [-0.15, -0.1) is 24.0 Å². The van der Waals surface area contributed by atoms with Crippen LogP contribution >= 0.6 is 24.0 Å². The van der Waals surface area contributed by atoms with Crippen LogP contribution in [0.4, 0.5) is 0 Å². The lowest BCUT2D eigenvalue weighted by Gasteiger charge is -2.32. The van der Waals surface area contributed by atoms with E-state index in [4.69, 9.17) is 14.7 Å². The molecule has 3 rings (SSSR count). The summed E-state index contributed by atoms with van der Waals surface area (Å²) in [6, 6.07) is 8.62. The minimum atomic E-state index is 0. The van der Waals surface area contributed by atoms with Crippen LogP contribution in [-0.4, -0.2) is 65.8 Å². The monoisotopic (exact) mass is 486 g/mol. The predicted octanol–water partition coefficient (Wildman–Crippen LogP) is 1.97. The molecule has 7 nitrogen and oxygen atoms in total. The van der Waals surface area contributed by atoms with Gasteiger partial charge in [-0.1, -0.05) is 12.1 Å². The highest BCUT2D eigenvalue weighted by Gasteiger charge is 2.17. The molecule has 8 heteroatoms. The zero-order valence-electron chi connectivity index (χ0n) is 16.4. The molecule has 1 atom stereocenters. The molecule has 0 aliphatic carbocycles. The summed E-state index contributed by atoms with van der Waals surface area (Å²) in [5.41, 5.74) is 2.15. The van der Waals surface area contributed by atoms with E-state index < -0.39 is 0 Å². The minimum absolute atomic E-state index is 0. The van der Waals surface area contributed by atoms with Gasteiger partial charge in [0.15, 0.2) is 5.96 Å². The number of aryl methyl sites for hydroxylation is 1. The van der Waals surface area contributed by atoms with E-state index in [-0.39, 0.29) is 24.0 Å². The van der Waals surface area contributed by atoms with Crippen LogP contribution in [0.3, 0.4) is 0 Å². The number of benzene rings is 1. The normalized spacial score (nSPS) is 16.8. The zero-order valence-corrected chi connectivity index (χ0v) is 18.8. The number of nitrogens with one attached hydrogen (secondary N) is 2. The Bertz CT molecular complexity index is 741. The Labute approximate surface area is 178 Å². The Kier molecular flexibility index (Phi) is 8.78. The van der Waals surface area contributed by atoms with E-state index in [0.717, 1.165) is 62.2 Å². The van der Waals surface area contributed by atoms with Crippen molar-refractivity contribution in [3.05, 3.63) is 30.1 Å². The summed E-state index contributed by atoms with van der Waals surface area (Å²) < 4.78 is 7.54. The maximum Gasteiger partial charge on any atom is 0.191 e. The van der Waals surface area contributed by atoms with Gasteiger partial charge in [0.1, 0.15) is 12.4 Å². The molecule has 1 aliphatic heterocycles. The van der Waals surface area contributed by atoms with E-state index in [2.05, 4.69) is 40.0 Å². The van der Waals surface area contributed by atoms with E-state index in [9.17, 15) is 0 Å². The van der Waals surface area contributed by atoms with Gasteiger partial charge in [-0.2, -0.15) is 0 Å². The third-order valence-corrected chi connectivity index (χ3v) is 4.84. The molecule has 0 amide bonds. The van der Waals surface area contributed by atoms with E-state index >= 15 is 0 Å². The third-order valence-electron chi connectivity index (χ3n) is 4.84. The molecule has 1 aromatic carbocycles. The first-order valence-corrected chi connectivity index (χ1v) is 9.43. The standard InChI is InChI=1S/C19H30N6O.HI/c1-4-20-19(21-13-15(2)25-9-11-26-12-10-25)22-14-18-23-16-7-5-6-8-17(16)24(18)3;/h5-8,15H,4,9-14H2,1-3H3,(H2,20,21,22);1H. The number of imidazole rings is 1. The van der Waals surface area contributed by atoms with Gasteiger partial charge in [-0.05, 0) is 26.0 Å². The molecule has 0 radical (unpaired) electrons. The van der Waals surface area contributed by atoms with Crippen LogP contribution in [0.25, 0.3) is 11.0 Å². The van der Waals surface area contributed by atoms with Crippen LogP contribution in [0.2, 0.25) is 0 Å². The Balaban J connectivity index is 0.00000261. The summed E-state index contributed by atoms with van der Waals surface area (Å²) >= 11 is 0. The van der Waals surface area contributed by atoms with E-state index in [1.54, 1.807) is 0 Å². The first-order chi connectivity index (χ1) is 12.7. The molecule has 1 aliphatic rings. The zero-order chi connectivity index (χ0) is 18.4. The lowest BCUT2D eigenvalue weighted by molar-refractivity contribution is 0.0211. The molecule has 0 spiro atoms. The summed E-state index contributed by atoms with van der Waals surface area (Å²) in [4.78, 5) is 11.9. The Morgan fingerprint density at radius 2 is 2.00 bits per heavy atom. The highest BCUT2D eigenvalue weighted by Crippen LogP contribution is 2.14. The summed E-state index contributed by atoms with van der Waals surface area (Å²) in [7, 11) is 2.04. The van der Waals surface area contributed by atoms with Gasteiger partial charge >= 0.3 is 0 Å². The SMILES string of the molecule is CCNC(=NCc1nc2ccccc2n1C)NCC(C)N1CCOCC1.I. The van der Waals surface area contributed by atoms with Gasteiger partial charge < -0.3 is 19.9 Å². The van der Waals surface area contributed by atoms with E-state index in [0.29, 0.717) is 12.6 Å². The molecule has 1 saturated heterocycles. The first-order valence-electron chi connectivity index (χ1n) is 9.43. The molecule has 1 unspecified atom stereocenters. The number of morpholine rings is 1. The number of fused-ring (bicyclic) bond motifs is 1. The Morgan fingerprint density at radius 3 is 2.70 bits per heavy atom. The van der Waals surface area contributed by atoms with Gasteiger partial charge in [0.25, 0.3) is 0 Å². The van der Waals surface area contributed by atoms with Crippen molar-refractivity contribution < 1.29 is 4.74 Å². The number of rotatable bonds is 6. The van der Waals surface area contributed by atoms with Crippen molar-refractivity contribution in [2.24, 2.45) is 12.0 Å². The third kappa shape index (κ3) is 5.79. The second-order valence-electron chi connectivity index (χ2n) is 6.65. The van der Waals surface area contributed by atoms with Gasteiger partial charge in [0.05, 0.1) is 24.2 Å². The number of hydrogen-bond donors (Lipinski definition) is 2. The number of halogens is 1. The van der Waals surface area contributed by atoms with E-state index in [1.165, 1.54) is 0 Å². The molecule has 0 bridgehead atoms. The Morgan fingerprint density at radius 1 is 1.26 bits per heavy atom. The molecule has 2 aromatic rings. The quantitative estimate of drug-likeness (QED) is 0.372. The van der Waals surface area contributed by atoms with Gasteiger partial charge in [-0.25, -0.2) is 9.98 Å². The maximum atomic E-state index is 5.43. The fourth-order valence-electron chi connectivity index (χ4n) is 3.22. The number of ether oxygens (including phenoxy) is 1. The van der Waals surface area contributed by atoms with Crippen LogP contribution < -0.4 is 10.6 Å². The molecule has 1 fully saturated rings. The highest BCUT2D eigenvalue weighted by atomic mass is 127. The molecule has 2 N–H and O–H groups in total.